The van der Waals surface area contributed by atoms with E-state index >= 15 is 0 Å². The first-order valence-corrected chi connectivity index (χ1v) is 8.83. The summed E-state index contributed by atoms with van der Waals surface area (Å²) in [7, 11) is 0. The Hall–Kier alpha value is -3.31. The number of hydrogen-bond acceptors (Lipinski definition) is 5. The number of halogens is 1. The van der Waals surface area contributed by atoms with Gasteiger partial charge in [0.05, 0.1) is 18.0 Å². The van der Waals surface area contributed by atoms with Gasteiger partial charge >= 0.3 is 0 Å². The maximum absolute atomic E-state index is 7.36. The van der Waals surface area contributed by atoms with Crippen LogP contribution in [-0.2, 0) is 12.8 Å². The van der Waals surface area contributed by atoms with Gasteiger partial charge in [0.1, 0.15) is 6.33 Å². The molecule has 0 spiro atoms. The molecule has 0 saturated carbocycles. The van der Waals surface area contributed by atoms with Crippen molar-refractivity contribution in [1.29, 1.82) is 0 Å². The van der Waals surface area contributed by atoms with Crippen LogP contribution in [-0.4, -0.2) is 34.3 Å². The van der Waals surface area contributed by atoms with Crippen molar-refractivity contribution in [2.24, 2.45) is 0 Å². The minimum absolute atomic E-state index is 0.200. The standard InChI is InChI=1S/C18H15ClN8/c1-3-5-13-15(22-11-26-16(13)24-18(19)25-26)10-12-7-9-23-27(12)17-14(20-2)6-4-8-21-17/h4,6-9,11H,3,5,10H2,1H3. The summed E-state index contributed by atoms with van der Waals surface area (Å²) in [6.45, 7) is 9.46. The lowest BCUT2D eigenvalue weighted by Crippen LogP contribution is -2.09. The summed E-state index contributed by atoms with van der Waals surface area (Å²) in [6.07, 6.45) is 7.26. The topological polar surface area (TPSA) is 78.2 Å². The second-order valence-electron chi connectivity index (χ2n) is 5.94. The fourth-order valence-corrected chi connectivity index (χ4v) is 3.20. The maximum atomic E-state index is 7.36. The molecule has 0 fully saturated rings. The Morgan fingerprint density at radius 1 is 1.22 bits per heavy atom. The van der Waals surface area contributed by atoms with Crippen molar-refractivity contribution in [1.82, 2.24) is 34.3 Å². The van der Waals surface area contributed by atoms with E-state index in [1.165, 1.54) is 0 Å². The highest BCUT2D eigenvalue weighted by molar-refractivity contribution is 6.28. The predicted octanol–water partition coefficient (Wildman–Crippen LogP) is 3.45. The quantitative estimate of drug-likeness (QED) is 0.497. The number of hydrogen-bond donors (Lipinski definition) is 0. The molecule has 0 aromatic carbocycles. The molecular weight excluding hydrogens is 364 g/mol. The van der Waals surface area contributed by atoms with E-state index in [2.05, 4.69) is 36.9 Å². The molecule has 4 aromatic rings. The van der Waals surface area contributed by atoms with Crippen LogP contribution in [0, 0.1) is 6.57 Å². The molecule has 0 saturated heterocycles. The summed E-state index contributed by atoms with van der Waals surface area (Å²) in [6, 6.07) is 5.37. The van der Waals surface area contributed by atoms with Crippen molar-refractivity contribution in [3.63, 3.8) is 0 Å². The van der Waals surface area contributed by atoms with Gasteiger partial charge in [-0.2, -0.15) is 10.1 Å². The van der Waals surface area contributed by atoms with Gasteiger partial charge in [0.25, 0.3) is 0 Å². The minimum Gasteiger partial charge on any atom is -0.249 e. The summed E-state index contributed by atoms with van der Waals surface area (Å²) in [4.78, 5) is 16.8. The predicted molar refractivity (Wildman–Crippen MR) is 100 cm³/mol. The van der Waals surface area contributed by atoms with E-state index in [4.69, 9.17) is 18.2 Å². The number of aryl methyl sites for hydroxylation is 1. The second kappa shape index (κ2) is 7.13. The van der Waals surface area contributed by atoms with Crippen LogP contribution in [0.4, 0.5) is 5.69 Å². The molecule has 0 aliphatic carbocycles. The first-order valence-electron chi connectivity index (χ1n) is 8.45. The van der Waals surface area contributed by atoms with E-state index in [-0.39, 0.29) is 5.28 Å². The lowest BCUT2D eigenvalue weighted by Gasteiger charge is -2.11. The molecule has 0 bridgehead atoms. The fraction of sp³-hybridized carbons (Fsp3) is 0.222. The summed E-state index contributed by atoms with van der Waals surface area (Å²) in [5.41, 5.74) is 3.95. The molecule has 0 N–H and O–H groups in total. The Labute approximate surface area is 160 Å². The first kappa shape index (κ1) is 17.1. The van der Waals surface area contributed by atoms with Crippen molar-refractivity contribution >= 4 is 22.9 Å². The van der Waals surface area contributed by atoms with E-state index in [0.29, 0.717) is 17.9 Å². The van der Waals surface area contributed by atoms with E-state index in [1.54, 1.807) is 40.1 Å². The Kier molecular flexibility index (Phi) is 4.52. The Morgan fingerprint density at radius 2 is 2.11 bits per heavy atom. The highest BCUT2D eigenvalue weighted by Gasteiger charge is 2.17. The second-order valence-corrected chi connectivity index (χ2v) is 6.28. The van der Waals surface area contributed by atoms with Crippen LogP contribution in [0.2, 0.25) is 5.28 Å². The summed E-state index contributed by atoms with van der Waals surface area (Å²) in [5, 5.41) is 8.69. The van der Waals surface area contributed by atoms with E-state index < -0.39 is 0 Å². The van der Waals surface area contributed by atoms with Crippen LogP contribution in [0.25, 0.3) is 16.3 Å². The largest absolute Gasteiger partial charge is 0.249 e. The summed E-state index contributed by atoms with van der Waals surface area (Å²) >= 11 is 5.97. The summed E-state index contributed by atoms with van der Waals surface area (Å²) in [5.74, 6) is 0.510. The maximum Gasteiger partial charge on any atom is 0.243 e. The van der Waals surface area contributed by atoms with Crippen LogP contribution >= 0.6 is 11.6 Å². The lowest BCUT2D eigenvalue weighted by molar-refractivity contribution is 0.778. The molecule has 0 unspecified atom stereocenters. The van der Waals surface area contributed by atoms with Crippen LogP contribution in [0.3, 0.4) is 0 Å². The first-order chi connectivity index (χ1) is 13.2. The third kappa shape index (κ3) is 3.13. The molecule has 27 heavy (non-hydrogen) atoms. The van der Waals surface area contributed by atoms with Crippen LogP contribution in [0.1, 0.15) is 30.3 Å². The van der Waals surface area contributed by atoms with Gasteiger partial charge in [-0.05, 0) is 24.1 Å². The zero-order valence-corrected chi connectivity index (χ0v) is 15.3. The van der Waals surface area contributed by atoms with E-state index in [0.717, 1.165) is 35.4 Å². The Morgan fingerprint density at radius 3 is 2.93 bits per heavy atom. The Bertz CT molecular complexity index is 1150. The van der Waals surface area contributed by atoms with Gasteiger partial charge in [-0.3, -0.25) is 0 Å². The average Bonchev–Trinajstić information content (AvgIpc) is 3.29. The van der Waals surface area contributed by atoms with Crippen molar-refractivity contribution < 1.29 is 0 Å². The Balaban J connectivity index is 1.79. The minimum atomic E-state index is 0.200. The highest BCUT2D eigenvalue weighted by atomic mass is 35.5. The van der Waals surface area contributed by atoms with Gasteiger partial charge < -0.3 is 0 Å². The molecule has 0 atom stereocenters. The van der Waals surface area contributed by atoms with Gasteiger partial charge in [-0.25, -0.2) is 24.0 Å². The highest BCUT2D eigenvalue weighted by Crippen LogP contribution is 2.24. The van der Waals surface area contributed by atoms with Crippen LogP contribution < -0.4 is 0 Å². The summed E-state index contributed by atoms with van der Waals surface area (Å²) < 4.78 is 3.29. The molecule has 0 aliphatic heterocycles. The van der Waals surface area contributed by atoms with Gasteiger partial charge in [-0.1, -0.05) is 25.5 Å². The number of rotatable bonds is 5. The van der Waals surface area contributed by atoms with Gasteiger partial charge in [0.15, 0.2) is 11.5 Å². The lowest BCUT2D eigenvalue weighted by atomic mass is 10.1. The molecule has 8 nitrogen and oxygen atoms in total. The zero-order valence-electron chi connectivity index (χ0n) is 14.5. The van der Waals surface area contributed by atoms with Gasteiger partial charge in [-0.15, -0.1) is 5.10 Å². The van der Waals surface area contributed by atoms with Crippen molar-refractivity contribution in [3.8, 4) is 5.82 Å². The molecule has 134 valence electrons. The molecule has 4 rings (SSSR count). The number of aromatic nitrogens is 7. The molecule has 0 radical (unpaired) electrons. The molecule has 0 amide bonds. The van der Waals surface area contributed by atoms with Crippen LogP contribution in [0.5, 0.6) is 0 Å². The fourth-order valence-electron chi connectivity index (χ4n) is 3.04. The molecular formula is C18H15ClN8. The third-order valence-electron chi connectivity index (χ3n) is 4.20. The molecule has 4 heterocycles. The average molecular weight is 379 g/mol. The van der Waals surface area contributed by atoms with Gasteiger partial charge in [0, 0.05) is 24.4 Å². The van der Waals surface area contributed by atoms with Crippen molar-refractivity contribution in [3.05, 3.63) is 70.6 Å². The number of nitrogens with zero attached hydrogens (tertiary/aromatic N) is 8. The number of pyridine rings is 1. The smallest absolute Gasteiger partial charge is 0.243 e. The van der Waals surface area contributed by atoms with Crippen LogP contribution in [0.15, 0.2) is 36.9 Å². The van der Waals surface area contributed by atoms with Crippen molar-refractivity contribution in [2.75, 3.05) is 0 Å². The van der Waals surface area contributed by atoms with E-state index in [9.17, 15) is 0 Å². The molecule has 4 aromatic heterocycles. The van der Waals surface area contributed by atoms with Crippen molar-refractivity contribution in [2.45, 2.75) is 26.2 Å². The monoisotopic (exact) mass is 378 g/mol. The van der Waals surface area contributed by atoms with Gasteiger partial charge in [0.2, 0.25) is 11.0 Å². The molecule has 0 aliphatic rings. The third-order valence-corrected chi connectivity index (χ3v) is 4.36. The number of fused-ring (bicyclic) bond motifs is 1. The SMILES string of the molecule is [C-]#[N+]c1cccnc1-n1nccc1Cc1ncn2nc(Cl)nc2c1CCC. The normalized spacial score (nSPS) is 11.0. The van der Waals surface area contributed by atoms with E-state index in [1.807, 2.05) is 6.07 Å². The zero-order chi connectivity index (χ0) is 18.8. The molecule has 9 heteroatoms.